The molecule has 0 spiro atoms. The van der Waals surface area contributed by atoms with Crippen LogP contribution < -0.4 is 0 Å². The van der Waals surface area contributed by atoms with Crippen molar-refractivity contribution in [3.63, 3.8) is 0 Å². The van der Waals surface area contributed by atoms with E-state index >= 15 is 0 Å². The van der Waals surface area contributed by atoms with Gasteiger partial charge in [0.05, 0.1) is 0 Å². The molecule has 0 radical (unpaired) electrons. The van der Waals surface area contributed by atoms with Crippen molar-refractivity contribution in [1.82, 2.24) is 19.7 Å². The van der Waals surface area contributed by atoms with Crippen molar-refractivity contribution in [2.45, 2.75) is 0 Å². The molecule has 1 N–H and O–H groups in total. The fourth-order valence-corrected chi connectivity index (χ4v) is 2.00. The lowest BCUT2D eigenvalue weighted by atomic mass is 10.2. The maximum absolute atomic E-state index is 5.26. The lowest BCUT2D eigenvalue weighted by Gasteiger charge is -2.05. The Kier molecular flexibility index (Phi) is 2.74. The van der Waals surface area contributed by atoms with Crippen LogP contribution in [0.25, 0.3) is 17.2 Å². The normalized spacial score (nSPS) is 10.4. The van der Waals surface area contributed by atoms with Gasteiger partial charge in [0.1, 0.15) is 5.82 Å². The number of aromatic amines is 1. The van der Waals surface area contributed by atoms with E-state index in [2.05, 4.69) is 15.2 Å². The molecule has 0 aliphatic heterocycles. The summed E-state index contributed by atoms with van der Waals surface area (Å²) in [6, 6.07) is 15.6. The molecule has 4 nitrogen and oxygen atoms in total. The zero-order valence-corrected chi connectivity index (χ0v) is 10.3. The predicted octanol–water partition coefficient (Wildman–Crippen LogP) is 2.99. The van der Waals surface area contributed by atoms with Gasteiger partial charge in [0.2, 0.25) is 4.77 Å². The van der Waals surface area contributed by atoms with E-state index in [4.69, 9.17) is 12.2 Å². The molecular formula is C13H10N4S. The molecule has 88 valence electrons. The van der Waals surface area contributed by atoms with Crippen molar-refractivity contribution in [3.8, 4) is 17.2 Å². The summed E-state index contributed by atoms with van der Waals surface area (Å²) in [5, 5.41) is 7.08. The third-order valence-corrected chi connectivity index (χ3v) is 2.86. The fourth-order valence-electron chi connectivity index (χ4n) is 1.78. The van der Waals surface area contributed by atoms with E-state index in [-0.39, 0.29) is 0 Å². The van der Waals surface area contributed by atoms with E-state index in [1.54, 1.807) is 6.20 Å². The Balaban J connectivity index is 2.23. The summed E-state index contributed by atoms with van der Waals surface area (Å²) in [5.74, 6) is 1.52. The summed E-state index contributed by atoms with van der Waals surface area (Å²) >= 11 is 5.26. The quantitative estimate of drug-likeness (QED) is 0.715. The topological polar surface area (TPSA) is 46.5 Å². The molecule has 2 aromatic heterocycles. The van der Waals surface area contributed by atoms with E-state index in [1.807, 2.05) is 53.1 Å². The lowest BCUT2D eigenvalue weighted by Crippen LogP contribution is -1.99. The number of pyridine rings is 1. The van der Waals surface area contributed by atoms with Gasteiger partial charge in [-0.2, -0.15) is 5.10 Å². The molecule has 0 saturated heterocycles. The van der Waals surface area contributed by atoms with Crippen LogP contribution in [0.3, 0.4) is 0 Å². The fraction of sp³-hybridized carbons (Fsp3) is 0. The molecule has 0 amide bonds. The van der Waals surface area contributed by atoms with E-state index < -0.39 is 0 Å². The van der Waals surface area contributed by atoms with Crippen LogP contribution in [0.5, 0.6) is 0 Å². The van der Waals surface area contributed by atoms with Gasteiger partial charge in [-0.05, 0) is 24.4 Å². The van der Waals surface area contributed by atoms with Crippen LogP contribution in [0.1, 0.15) is 0 Å². The molecule has 0 aliphatic carbocycles. The lowest BCUT2D eigenvalue weighted by molar-refractivity contribution is 0.980. The van der Waals surface area contributed by atoms with Gasteiger partial charge in [-0.1, -0.05) is 36.4 Å². The first-order valence-electron chi connectivity index (χ1n) is 5.50. The SMILES string of the molecule is S=c1[nH]nc(-c2ccccc2)n1-c1ccccn1. The summed E-state index contributed by atoms with van der Waals surface area (Å²) in [5.41, 5.74) is 0.996. The van der Waals surface area contributed by atoms with Crippen molar-refractivity contribution in [2.24, 2.45) is 0 Å². The van der Waals surface area contributed by atoms with Gasteiger partial charge in [0.15, 0.2) is 5.82 Å². The van der Waals surface area contributed by atoms with Crippen molar-refractivity contribution in [1.29, 1.82) is 0 Å². The van der Waals surface area contributed by atoms with Crippen molar-refractivity contribution in [3.05, 3.63) is 59.5 Å². The minimum atomic E-state index is 0.535. The molecule has 0 unspecified atom stereocenters. The number of aromatic nitrogens is 4. The number of hydrogen-bond donors (Lipinski definition) is 1. The highest BCUT2D eigenvalue weighted by Crippen LogP contribution is 2.19. The minimum absolute atomic E-state index is 0.535. The number of nitrogens with zero attached hydrogens (tertiary/aromatic N) is 3. The maximum Gasteiger partial charge on any atom is 0.201 e. The van der Waals surface area contributed by atoms with Crippen LogP contribution in [0.2, 0.25) is 0 Å². The van der Waals surface area contributed by atoms with Crippen molar-refractivity contribution >= 4 is 12.2 Å². The van der Waals surface area contributed by atoms with Gasteiger partial charge >= 0.3 is 0 Å². The van der Waals surface area contributed by atoms with Crippen LogP contribution >= 0.6 is 12.2 Å². The molecule has 2 heterocycles. The molecule has 3 aromatic rings. The largest absolute Gasteiger partial charge is 0.251 e. The van der Waals surface area contributed by atoms with Gasteiger partial charge in [-0.15, -0.1) is 0 Å². The van der Waals surface area contributed by atoms with Gasteiger partial charge in [0.25, 0.3) is 0 Å². The van der Waals surface area contributed by atoms with Gasteiger partial charge in [-0.25, -0.2) is 4.98 Å². The Hall–Kier alpha value is -2.27. The monoisotopic (exact) mass is 254 g/mol. The molecule has 0 bridgehead atoms. The third-order valence-electron chi connectivity index (χ3n) is 2.58. The summed E-state index contributed by atoms with van der Waals surface area (Å²) < 4.78 is 2.36. The molecule has 0 fully saturated rings. The molecular weight excluding hydrogens is 244 g/mol. The standard InChI is InChI=1S/C13H10N4S/c18-13-16-15-12(10-6-2-1-3-7-10)17(13)11-8-4-5-9-14-11/h1-9H,(H,16,18). The number of hydrogen-bond acceptors (Lipinski definition) is 3. The van der Waals surface area contributed by atoms with Crippen LogP contribution in [-0.2, 0) is 0 Å². The van der Waals surface area contributed by atoms with E-state index in [1.165, 1.54) is 0 Å². The molecule has 5 heteroatoms. The van der Waals surface area contributed by atoms with Crippen LogP contribution in [-0.4, -0.2) is 19.7 Å². The zero-order valence-electron chi connectivity index (χ0n) is 9.45. The summed E-state index contributed by atoms with van der Waals surface area (Å²) in [6.45, 7) is 0. The average Bonchev–Trinajstić information content (AvgIpc) is 2.83. The van der Waals surface area contributed by atoms with Crippen molar-refractivity contribution in [2.75, 3.05) is 0 Å². The Morgan fingerprint density at radius 3 is 2.50 bits per heavy atom. The highest BCUT2D eigenvalue weighted by Gasteiger charge is 2.10. The summed E-state index contributed by atoms with van der Waals surface area (Å²) in [4.78, 5) is 4.30. The Labute approximate surface area is 109 Å². The second kappa shape index (κ2) is 4.54. The zero-order chi connectivity index (χ0) is 12.4. The summed E-state index contributed by atoms with van der Waals surface area (Å²) in [6.07, 6.45) is 1.74. The Bertz CT molecular complexity index is 701. The van der Waals surface area contributed by atoms with E-state index in [9.17, 15) is 0 Å². The second-order valence-electron chi connectivity index (χ2n) is 3.74. The molecule has 0 atom stereocenters. The molecule has 0 saturated carbocycles. The minimum Gasteiger partial charge on any atom is -0.251 e. The first kappa shape index (κ1) is 10.9. The first-order chi connectivity index (χ1) is 8.86. The van der Waals surface area contributed by atoms with Crippen molar-refractivity contribution < 1.29 is 0 Å². The van der Waals surface area contributed by atoms with Crippen LogP contribution in [0.4, 0.5) is 0 Å². The average molecular weight is 254 g/mol. The molecule has 0 aliphatic rings. The Morgan fingerprint density at radius 1 is 1.00 bits per heavy atom. The third kappa shape index (κ3) is 1.84. The molecule has 1 aromatic carbocycles. The number of benzene rings is 1. The molecule has 3 rings (SSSR count). The number of H-pyrrole nitrogens is 1. The predicted molar refractivity (Wildman–Crippen MR) is 72.0 cm³/mol. The smallest absolute Gasteiger partial charge is 0.201 e. The van der Waals surface area contributed by atoms with Gasteiger partial charge in [0, 0.05) is 11.8 Å². The van der Waals surface area contributed by atoms with E-state index in [0.717, 1.165) is 17.2 Å². The van der Waals surface area contributed by atoms with Crippen LogP contribution in [0, 0.1) is 4.77 Å². The second-order valence-corrected chi connectivity index (χ2v) is 4.13. The highest BCUT2D eigenvalue weighted by molar-refractivity contribution is 7.71. The van der Waals surface area contributed by atoms with E-state index in [0.29, 0.717) is 4.77 Å². The number of nitrogens with one attached hydrogen (secondary N) is 1. The highest BCUT2D eigenvalue weighted by atomic mass is 32.1. The number of rotatable bonds is 2. The van der Waals surface area contributed by atoms with Gasteiger partial charge < -0.3 is 0 Å². The first-order valence-corrected chi connectivity index (χ1v) is 5.91. The van der Waals surface area contributed by atoms with Crippen LogP contribution in [0.15, 0.2) is 54.7 Å². The molecule has 18 heavy (non-hydrogen) atoms. The summed E-state index contributed by atoms with van der Waals surface area (Å²) in [7, 11) is 0. The Morgan fingerprint density at radius 2 is 1.78 bits per heavy atom. The maximum atomic E-state index is 5.26. The van der Waals surface area contributed by atoms with Gasteiger partial charge in [-0.3, -0.25) is 9.67 Å².